The lowest BCUT2D eigenvalue weighted by Crippen LogP contribution is -2.25. The molecule has 0 saturated heterocycles. The van der Waals surface area contributed by atoms with Gasteiger partial charge in [0.15, 0.2) is 6.20 Å². The van der Waals surface area contributed by atoms with Crippen LogP contribution < -0.4 is 10.0 Å². The van der Waals surface area contributed by atoms with Crippen LogP contribution in [0.3, 0.4) is 0 Å². The van der Waals surface area contributed by atoms with Crippen molar-refractivity contribution in [2.24, 2.45) is 0 Å². The third-order valence-electron chi connectivity index (χ3n) is 2.08. The summed E-state index contributed by atoms with van der Waals surface area (Å²) >= 11 is 0. The predicted molar refractivity (Wildman–Crippen MR) is 57.2 cm³/mol. The molecule has 1 aromatic carbocycles. The molecule has 0 aliphatic rings. The first-order valence-electron chi connectivity index (χ1n) is 4.56. The van der Waals surface area contributed by atoms with Crippen molar-refractivity contribution >= 4 is 22.5 Å². The fourth-order valence-electron chi connectivity index (χ4n) is 1.47. The molecule has 76 valence electrons. The first-order chi connectivity index (χ1) is 7.16. The van der Waals surface area contributed by atoms with Crippen molar-refractivity contribution in [2.45, 2.75) is 6.92 Å². The van der Waals surface area contributed by atoms with E-state index in [0.29, 0.717) is 11.2 Å². The van der Waals surface area contributed by atoms with E-state index in [2.05, 4.69) is 5.32 Å². The minimum absolute atomic E-state index is 0.125. The van der Waals surface area contributed by atoms with Crippen molar-refractivity contribution in [1.29, 1.82) is 0 Å². The van der Waals surface area contributed by atoms with E-state index in [0.717, 1.165) is 10.1 Å². The Morgan fingerprint density at radius 1 is 1.40 bits per heavy atom. The number of hydrogen-bond acceptors (Lipinski definition) is 2. The monoisotopic (exact) mass is 202 g/mol. The van der Waals surface area contributed by atoms with Gasteiger partial charge < -0.3 is 10.5 Å². The number of carbonyl (C=O) groups is 1. The molecule has 1 N–H and O–H groups in total. The number of pyridine rings is 1. The van der Waals surface area contributed by atoms with Crippen LogP contribution in [0.5, 0.6) is 0 Å². The molecular formula is C11H10N2O2. The molecule has 1 amide bonds. The summed E-state index contributed by atoms with van der Waals surface area (Å²) in [6.45, 7) is 1.45. The van der Waals surface area contributed by atoms with E-state index in [1.165, 1.54) is 13.1 Å². The highest BCUT2D eigenvalue weighted by atomic mass is 16.5. The van der Waals surface area contributed by atoms with Crippen LogP contribution in [0.15, 0.2) is 36.5 Å². The number of nitrogens with zero attached hydrogens (tertiary/aromatic N) is 1. The molecule has 1 heterocycles. The SMILES string of the molecule is CC(=O)Nc1ccc2c(ccc[n+]2[O-])c1. The number of aromatic nitrogens is 1. The van der Waals surface area contributed by atoms with Gasteiger partial charge in [-0.25, -0.2) is 0 Å². The van der Waals surface area contributed by atoms with Gasteiger partial charge in [-0.1, -0.05) is 0 Å². The Kier molecular flexibility index (Phi) is 2.25. The normalized spacial score (nSPS) is 10.2. The van der Waals surface area contributed by atoms with Crippen LogP contribution in [-0.2, 0) is 4.79 Å². The highest BCUT2D eigenvalue weighted by Crippen LogP contribution is 2.15. The minimum Gasteiger partial charge on any atom is -0.618 e. The van der Waals surface area contributed by atoms with Crippen molar-refractivity contribution in [1.82, 2.24) is 0 Å². The largest absolute Gasteiger partial charge is 0.618 e. The standard InChI is InChI=1S/C11H10N2O2/c1-8(14)12-10-4-5-11-9(7-10)3-2-6-13(11)15/h2-7H,1H3,(H,12,14). The zero-order valence-electron chi connectivity index (χ0n) is 8.23. The molecule has 4 heteroatoms. The molecule has 0 atom stereocenters. The van der Waals surface area contributed by atoms with E-state index in [1.807, 2.05) is 6.07 Å². The topological polar surface area (TPSA) is 56.0 Å². The van der Waals surface area contributed by atoms with Gasteiger partial charge in [-0.05, 0) is 18.2 Å². The summed E-state index contributed by atoms with van der Waals surface area (Å²) in [5.74, 6) is -0.125. The molecule has 0 unspecified atom stereocenters. The Morgan fingerprint density at radius 3 is 2.93 bits per heavy atom. The van der Waals surface area contributed by atoms with Gasteiger partial charge >= 0.3 is 0 Å². The Hall–Kier alpha value is -2.10. The molecule has 0 saturated carbocycles. The molecule has 4 nitrogen and oxygen atoms in total. The van der Waals surface area contributed by atoms with E-state index in [-0.39, 0.29) is 5.91 Å². The number of hydrogen-bond donors (Lipinski definition) is 1. The van der Waals surface area contributed by atoms with E-state index in [4.69, 9.17) is 0 Å². The van der Waals surface area contributed by atoms with Crippen LogP contribution in [0.25, 0.3) is 10.9 Å². The molecule has 0 aliphatic heterocycles. The fraction of sp³-hybridized carbons (Fsp3) is 0.0909. The zero-order valence-corrected chi connectivity index (χ0v) is 8.23. The van der Waals surface area contributed by atoms with Crippen molar-refractivity contribution in [2.75, 3.05) is 5.32 Å². The summed E-state index contributed by atoms with van der Waals surface area (Å²) in [5.41, 5.74) is 1.29. The van der Waals surface area contributed by atoms with Crippen molar-refractivity contribution in [3.63, 3.8) is 0 Å². The highest BCUT2D eigenvalue weighted by Gasteiger charge is 2.03. The van der Waals surface area contributed by atoms with Gasteiger partial charge in [0.05, 0.1) is 0 Å². The maximum absolute atomic E-state index is 11.3. The molecule has 0 fully saturated rings. The minimum atomic E-state index is -0.125. The van der Waals surface area contributed by atoms with Crippen LogP contribution >= 0.6 is 0 Å². The van der Waals surface area contributed by atoms with Crippen LogP contribution in [-0.4, -0.2) is 5.91 Å². The summed E-state index contributed by atoms with van der Waals surface area (Å²) in [7, 11) is 0. The molecule has 0 spiro atoms. The molecule has 0 radical (unpaired) electrons. The van der Waals surface area contributed by atoms with Crippen molar-refractivity contribution in [3.8, 4) is 0 Å². The van der Waals surface area contributed by atoms with Gasteiger partial charge in [0.2, 0.25) is 11.4 Å². The van der Waals surface area contributed by atoms with E-state index >= 15 is 0 Å². The van der Waals surface area contributed by atoms with Gasteiger partial charge in [-0.15, -0.1) is 0 Å². The van der Waals surface area contributed by atoms with E-state index < -0.39 is 0 Å². The summed E-state index contributed by atoms with van der Waals surface area (Å²) in [4.78, 5) is 10.8. The first kappa shape index (κ1) is 9.45. The van der Waals surface area contributed by atoms with Gasteiger partial charge in [0.25, 0.3) is 0 Å². The maximum atomic E-state index is 11.3. The second-order valence-electron chi connectivity index (χ2n) is 3.29. The molecule has 0 aliphatic carbocycles. The molecule has 15 heavy (non-hydrogen) atoms. The number of benzene rings is 1. The van der Waals surface area contributed by atoms with Gasteiger partial charge in [0, 0.05) is 30.1 Å². The van der Waals surface area contributed by atoms with E-state index in [1.54, 1.807) is 24.3 Å². The zero-order chi connectivity index (χ0) is 10.8. The molecule has 2 rings (SSSR count). The van der Waals surface area contributed by atoms with Gasteiger partial charge in [-0.2, -0.15) is 4.73 Å². The van der Waals surface area contributed by atoms with Crippen LogP contribution in [0.4, 0.5) is 5.69 Å². The van der Waals surface area contributed by atoms with Crippen LogP contribution in [0.2, 0.25) is 0 Å². The summed E-state index contributed by atoms with van der Waals surface area (Å²) < 4.78 is 0.798. The molecular weight excluding hydrogens is 192 g/mol. The maximum Gasteiger partial charge on any atom is 0.223 e. The third-order valence-corrected chi connectivity index (χ3v) is 2.08. The molecule has 0 bridgehead atoms. The number of anilines is 1. The van der Waals surface area contributed by atoms with Crippen LogP contribution in [0, 0.1) is 5.21 Å². The summed E-state index contributed by atoms with van der Waals surface area (Å²) in [6.07, 6.45) is 1.44. The highest BCUT2D eigenvalue weighted by molar-refractivity contribution is 5.91. The van der Waals surface area contributed by atoms with Crippen LogP contribution in [0.1, 0.15) is 6.92 Å². The van der Waals surface area contributed by atoms with Crippen molar-refractivity contribution < 1.29 is 9.52 Å². The van der Waals surface area contributed by atoms with Crippen molar-refractivity contribution in [3.05, 3.63) is 41.7 Å². The number of rotatable bonds is 1. The lowest BCUT2D eigenvalue weighted by atomic mass is 10.2. The fourth-order valence-corrected chi connectivity index (χ4v) is 1.47. The average Bonchev–Trinajstić information content (AvgIpc) is 2.17. The molecule has 1 aromatic heterocycles. The Balaban J connectivity index is 2.52. The number of carbonyl (C=O) groups excluding carboxylic acids is 1. The van der Waals surface area contributed by atoms with E-state index in [9.17, 15) is 10.0 Å². The third kappa shape index (κ3) is 1.88. The first-order valence-corrected chi connectivity index (χ1v) is 4.56. The smallest absolute Gasteiger partial charge is 0.223 e. The predicted octanol–water partition coefficient (Wildman–Crippen LogP) is 1.43. The van der Waals surface area contributed by atoms with Gasteiger partial charge in [0.1, 0.15) is 0 Å². The Bertz CT molecular complexity index is 523. The number of nitrogens with one attached hydrogen (secondary N) is 1. The average molecular weight is 202 g/mol. The quantitative estimate of drug-likeness (QED) is 0.561. The second kappa shape index (κ2) is 3.57. The second-order valence-corrected chi connectivity index (χ2v) is 3.29. The lowest BCUT2D eigenvalue weighted by Gasteiger charge is -2.04. The summed E-state index contributed by atoms with van der Waals surface area (Å²) in [5, 5.41) is 14.8. The molecule has 2 aromatic rings. The number of amides is 1. The summed E-state index contributed by atoms with van der Waals surface area (Å²) in [6, 6.07) is 8.67. The van der Waals surface area contributed by atoms with Gasteiger partial charge in [-0.3, -0.25) is 4.79 Å². The Labute approximate surface area is 86.7 Å². The lowest BCUT2D eigenvalue weighted by molar-refractivity contribution is -0.577. The Morgan fingerprint density at radius 2 is 2.20 bits per heavy atom. The number of fused-ring (bicyclic) bond motifs is 1.